The van der Waals surface area contributed by atoms with E-state index in [-0.39, 0.29) is 109 Å². The topological polar surface area (TPSA) is 255 Å². The van der Waals surface area contributed by atoms with Crippen molar-refractivity contribution in [2.24, 2.45) is 81.8 Å². The van der Waals surface area contributed by atoms with Crippen molar-refractivity contribution in [1.29, 1.82) is 0 Å². The van der Waals surface area contributed by atoms with Crippen molar-refractivity contribution in [2.75, 3.05) is 0 Å². The summed E-state index contributed by atoms with van der Waals surface area (Å²) >= 11 is 0. The average molecular weight is 2050 g/mol. The number of esters is 9. The Morgan fingerprint density at radius 3 is 0.837 bits per heavy atom. The molecule has 18 aliphatic carbocycles. The summed E-state index contributed by atoms with van der Waals surface area (Å²) in [5.74, 6) is 5.95. The Morgan fingerprint density at radius 1 is 0.286 bits per heavy atom. The van der Waals surface area contributed by atoms with Crippen LogP contribution in [0.4, 0.5) is 0 Å². The SMILES string of the molecule is C=C(C)C(=O)OC(C)(C)C1CCCCC1.C=C(C)C(=O)OC(C)(C1CCCCC1)C1CCCCC1.C=C(C)C(=O)OC(C)OC12CC3CC(CC(C3)C1)C2.C=C(C)C(=O)OC1(C)CCCCC1.C=C(C)C(=O)OC1(C)CCCCCC1.C=CC(=O)OC(C)(C1CCCCC1)C1CCCCC1.C=CC(=O)OC(C)OC12CC3CC(CC(C3)C1)C2.C=CC(=O)OC1(C)CC2CCC1(C)C2(C)C.C=CC(=O)OC1(C)CCCCCC1. The van der Waals surface area contributed by atoms with Crippen LogP contribution >= 0.6 is 0 Å². The van der Waals surface area contributed by atoms with E-state index in [9.17, 15) is 43.2 Å². The molecular formula is C127H204O20. The van der Waals surface area contributed by atoms with Crippen LogP contribution in [-0.2, 0) is 95.3 Å². The van der Waals surface area contributed by atoms with E-state index >= 15 is 0 Å². The van der Waals surface area contributed by atoms with Gasteiger partial charge in [-0.2, -0.15) is 0 Å². The van der Waals surface area contributed by atoms with Gasteiger partial charge in [0.15, 0.2) is 0 Å². The standard InChI is InChI=1S/C18H30O2.C17H28O2.C16H24O3.C15H22O3.C14H22O2.C13H22O2.C12H20O2.2C11H18O2/c1-14(2)17(19)20-18(3,15-10-6-4-7-11-15)16-12-8-5-9-13-16;1-3-16(18)19-17(2,14-10-6-4-7-11-14)15-12-8-5-9-13-15;1-10(2)15(17)18-11(3)19-16-7-12-4-13(8-16)6-14(5-12)9-16;1-3-14(16)17-10(2)18-15-7-11-4-12(8-15)6-13(5-11)9-15;1-6-11(15)16-14(5)9-10-7-8-13(14,4)12(10,2)3;1-10(2)12(14)15-13(3,4)11-8-6-5-7-9-11;1-10(2)11(13)14-12(3)8-6-4-5-7-9-12;1-9(2)10(12)13-11(3)7-5-4-6-8-11;1-3-10(12)13-11(2)8-6-4-5-7-9-11/h15-16H,1,4-13H2,2-3H3;3,14-15H,1,4-13H2,2H3;11-14H,1,4-9H2,2-3H3;3,10-13H,1,4-9H2,2H3;6,10H,1,7-9H2,2-5H3;11H,1,5-9H2,2-4H3;1,4-9H2,2-3H3;1,4-8H2,2-3H3;3H,1,4-9H2,2H3. The van der Waals surface area contributed by atoms with E-state index in [2.05, 4.69) is 101 Å². The fourth-order valence-electron chi connectivity index (χ4n) is 29.5. The number of ether oxygens (including phenoxy) is 11. The summed E-state index contributed by atoms with van der Waals surface area (Å²) in [5.41, 5.74) is 0.906. The first-order valence-electron chi connectivity index (χ1n) is 58.3. The highest BCUT2D eigenvalue weighted by Gasteiger charge is 2.69. The summed E-state index contributed by atoms with van der Waals surface area (Å²) in [6, 6.07) is 0. The minimum absolute atomic E-state index is 0.00435. The van der Waals surface area contributed by atoms with Gasteiger partial charge < -0.3 is 52.1 Å². The fourth-order valence-corrected chi connectivity index (χ4v) is 29.5. The second kappa shape index (κ2) is 57.1. The number of hydrogen-bond donors (Lipinski definition) is 0. The molecule has 0 aromatic rings. The van der Waals surface area contributed by atoms with Gasteiger partial charge in [0.25, 0.3) is 0 Å². The quantitative estimate of drug-likeness (QED) is 0.0243. The summed E-state index contributed by atoms with van der Waals surface area (Å²) in [5, 5.41) is 0. The number of carbonyl (C=O) groups excluding carboxylic acids is 9. The highest BCUT2D eigenvalue weighted by molar-refractivity contribution is 5.89. The lowest BCUT2D eigenvalue weighted by Crippen LogP contribution is -2.53. The van der Waals surface area contributed by atoms with Crippen LogP contribution in [0.3, 0.4) is 0 Å². The molecule has 5 unspecified atom stereocenters. The predicted molar refractivity (Wildman–Crippen MR) is 588 cm³/mol. The molecule has 0 saturated heterocycles. The molecular weight excluding hydrogens is 1850 g/mol. The molecule has 0 aromatic heterocycles. The second-order valence-corrected chi connectivity index (χ2v) is 51.1. The van der Waals surface area contributed by atoms with Crippen molar-refractivity contribution in [1.82, 2.24) is 0 Å². The molecule has 0 spiro atoms. The van der Waals surface area contributed by atoms with Crippen molar-refractivity contribution in [3.05, 3.63) is 111 Å². The van der Waals surface area contributed by atoms with Gasteiger partial charge >= 0.3 is 53.7 Å². The lowest BCUT2D eigenvalue weighted by atomic mass is 9.54. The van der Waals surface area contributed by atoms with E-state index in [0.717, 1.165) is 125 Å². The maximum absolute atomic E-state index is 12.1. The van der Waals surface area contributed by atoms with Gasteiger partial charge in [0.2, 0.25) is 12.6 Å². The summed E-state index contributed by atoms with van der Waals surface area (Å²) in [6.07, 6.45) is 73.8. The molecule has 18 rings (SSSR count). The van der Waals surface area contributed by atoms with Crippen LogP contribution < -0.4 is 0 Å². The summed E-state index contributed by atoms with van der Waals surface area (Å²) < 4.78 is 62.1. The van der Waals surface area contributed by atoms with E-state index in [1.807, 2.05) is 48.5 Å². The molecule has 0 amide bonds. The summed E-state index contributed by atoms with van der Waals surface area (Å²) in [7, 11) is 0. The smallest absolute Gasteiger partial charge is 0.335 e. The van der Waals surface area contributed by atoms with E-state index in [4.69, 9.17) is 52.1 Å². The number of hydrogen-bond acceptors (Lipinski definition) is 20. The Kier molecular flexibility index (Phi) is 48.6. The first-order chi connectivity index (χ1) is 69.2. The Morgan fingerprint density at radius 2 is 0.551 bits per heavy atom. The highest BCUT2D eigenvalue weighted by atomic mass is 16.7. The molecule has 832 valence electrons. The van der Waals surface area contributed by atoms with Crippen LogP contribution in [-0.4, -0.2) is 117 Å². The van der Waals surface area contributed by atoms with Crippen molar-refractivity contribution in [3.8, 4) is 0 Å². The van der Waals surface area contributed by atoms with Crippen molar-refractivity contribution in [2.45, 2.75) is 554 Å². The van der Waals surface area contributed by atoms with Gasteiger partial charge in [-0.05, 0) is 418 Å². The van der Waals surface area contributed by atoms with Gasteiger partial charge in [-0.3, -0.25) is 0 Å². The molecule has 5 atom stereocenters. The molecule has 18 aliphatic rings. The maximum Gasteiger partial charge on any atom is 0.335 e. The second-order valence-electron chi connectivity index (χ2n) is 51.1. The Labute approximate surface area is 890 Å². The largest absolute Gasteiger partial charge is 0.456 e. The molecule has 147 heavy (non-hydrogen) atoms. The normalized spacial score (nSPS) is 29.0. The van der Waals surface area contributed by atoms with Crippen LogP contribution in [0.2, 0.25) is 0 Å². The lowest BCUT2D eigenvalue weighted by molar-refractivity contribution is -0.244. The molecule has 20 heteroatoms. The van der Waals surface area contributed by atoms with Crippen LogP contribution in [0.15, 0.2) is 111 Å². The van der Waals surface area contributed by atoms with Crippen molar-refractivity contribution >= 4 is 53.7 Å². The van der Waals surface area contributed by atoms with Gasteiger partial charge in [-0.25, -0.2) is 43.2 Å². The average Bonchev–Trinajstić information content (AvgIpc) is 1.53. The molecule has 0 aliphatic heterocycles. The molecule has 20 nitrogen and oxygen atoms in total. The number of carbonyl (C=O) groups is 9. The van der Waals surface area contributed by atoms with E-state index < -0.39 is 18.5 Å². The van der Waals surface area contributed by atoms with Crippen LogP contribution in [0.25, 0.3) is 0 Å². The third-order valence-electron chi connectivity index (χ3n) is 37.8. The first kappa shape index (κ1) is 125. The van der Waals surface area contributed by atoms with Crippen molar-refractivity contribution in [3.63, 3.8) is 0 Å². The van der Waals surface area contributed by atoms with Crippen molar-refractivity contribution < 1.29 is 95.3 Å². The highest BCUT2D eigenvalue weighted by Crippen LogP contribution is 2.71. The van der Waals surface area contributed by atoms with Gasteiger partial charge in [-0.15, -0.1) is 0 Å². The van der Waals surface area contributed by atoms with E-state index in [1.54, 1.807) is 34.6 Å². The fraction of sp³-hybridized carbons (Fsp3) is 0.787. The molecule has 0 N–H and O–H groups in total. The number of fused-ring (bicyclic) bond motifs is 2. The molecule has 0 heterocycles. The van der Waals surface area contributed by atoms with Crippen LogP contribution in [0, 0.1) is 81.8 Å². The zero-order valence-corrected chi connectivity index (χ0v) is 95.7. The third kappa shape index (κ3) is 37.0. The number of rotatable bonds is 27. The first-order valence-corrected chi connectivity index (χ1v) is 58.3. The maximum atomic E-state index is 12.1. The van der Waals surface area contributed by atoms with E-state index in [1.165, 1.54) is 300 Å². The van der Waals surface area contributed by atoms with Gasteiger partial charge in [0.05, 0.1) is 11.2 Å². The Hall–Kier alpha value is -7.19. The zero-order valence-electron chi connectivity index (χ0n) is 95.7. The van der Waals surface area contributed by atoms with Gasteiger partial charge in [0, 0.05) is 57.6 Å². The molecule has 0 radical (unpaired) electrons. The molecule has 18 saturated carbocycles. The molecule has 18 fully saturated rings. The van der Waals surface area contributed by atoms with Crippen LogP contribution in [0.1, 0.15) is 491 Å². The van der Waals surface area contributed by atoms with Gasteiger partial charge in [0.1, 0.15) is 39.2 Å². The molecule has 0 aromatic carbocycles. The lowest BCUT2D eigenvalue weighted by Gasteiger charge is -2.56. The summed E-state index contributed by atoms with van der Waals surface area (Å²) in [6.45, 7) is 67.7. The molecule has 10 bridgehead atoms. The minimum Gasteiger partial charge on any atom is -0.456 e. The summed E-state index contributed by atoms with van der Waals surface area (Å²) in [4.78, 5) is 103. The van der Waals surface area contributed by atoms with E-state index in [0.29, 0.717) is 63.4 Å². The Bertz CT molecular complexity index is 4240. The third-order valence-corrected chi connectivity index (χ3v) is 37.8. The van der Waals surface area contributed by atoms with Crippen LogP contribution in [0.5, 0.6) is 0 Å². The van der Waals surface area contributed by atoms with Gasteiger partial charge in [-0.1, -0.05) is 208 Å². The Balaban J connectivity index is 0.000000202. The monoisotopic (exact) mass is 2050 g/mol. The predicted octanol–water partition coefficient (Wildman–Crippen LogP) is 31.8. The zero-order chi connectivity index (χ0) is 109. The minimum atomic E-state index is -0.458.